The Kier molecular flexibility index (Phi) is 2.63. The second-order valence-electron chi connectivity index (χ2n) is 5.01. The zero-order valence-corrected chi connectivity index (χ0v) is 10.7. The van der Waals surface area contributed by atoms with Crippen molar-refractivity contribution in [2.24, 2.45) is 5.73 Å². The van der Waals surface area contributed by atoms with Gasteiger partial charge in [0.1, 0.15) is 5.82 Å². The van der Waals surface area contributed by atoms with E-state index in [1.165, 1.54) is 11.1 Å². The predicted molar refractivity (Wildman–Crippen MR) is 71.4 cm³/mol. The molecule has 3 rings (SSSR count). The molecule has 18 heavy (non-hydrogen) atoms. The molecule has 0 saturated heterocycles. The van der Waals surface area contributed by atoms with Gasteiger partial charge in [-0.05, 0) is 31.4 Å². The molecule has 1 heterocycles. The number of fused-ring (bicyclic) bond motifs is 1. The van der Waals surface area contributed by atoms with Gasteiger partial charge in [0.05, 0.1) is 0 Å². The van der Waals surface area contributed by atoms with Crippen LogP contribution >= 0.6 is 0 Å². The van der Waals surface area contributed by atoms with E-state index < -0.39 is 0 Å². The van der Waals surface area contributed by atoms with Gasteiger partial charge in [-0.1, -0.05) is 24.3 Å². The van der Waals surface area contributed by atoms with Crippen LogP contribution in [0.25, 0.3) is 0 Å². The minimum Gasteiger partial charge on any atom is -0.324 e. The largest absolute Gasteiger partial charge is 0.324 e. The molecule has 2 atom stereocenters. The van der Waals surface area contributed by atoms with Crippen LogP contribution in [-0.2, 0) is 6.42 Å². The van der Waals surface area contributed by atoms with E-state index in [0.29, 0.717) is 5.92 Å². The number of aromatic nitrogens is 2. The fourth-order valence-corrected chi connectivity index (χ4v) is 2.60. The van der Waals surface area contributed by atoms with E-state index in [2.05, 4.69) is 34.2 Å². The number of nitrogens with zero attached hydrogens (tertiary/aromatic N) is 2. The van der Waals surface area contributed by atoms with Gasteiger partial charge in [-0.25, -0.2) is 9.97 Å². The second kappa shape index (κ2) is 4.18. The summed E-state index contributed by atoms with van der Waals surface area (Å²) in [6.07, 6.45) is 2.93. The number of benzene rings is 1. The second-order valence-corrected chi connectivity index (χ2v) is 5.01. The summed E-state index contributed by atoms with van der Waals surface area (Å²) in [4.78, 5) is 9.11. The molecule has 1 unspecified atom stereocenters. The number of aryl methyl sites for hydroxylation is 1. The molecule has 0 bridgehead atoms. The van der Waals surface area contributed by atoms with Crippen molar-refractivity contribution in [1.29, 1.82) is 0 Å². The predicted octanol–water partition coefficient (Wildman–Crippen LogP) is 2.49. The van der Waals surface area contributed by atoms with Gasteiger partial charge in [0, 0.05) is 29.4 Å². The number of hydrogen-bond donors (Lipinski definition) is 1. The summed E-state index contributed by atoms with van der Waals surface area (Å²) < 4.78 is 0. The summed E-state index contributed by atoms with van der Waals surface area (Å²) in [5.41, 5.74) is 10.7. The third-order valence-electron chi connectivity index (χ3n) is 3.69. The molecule has 0 aliphatic heterocycles. The molecule has 0 saturated carbocycles. The fraction of sp³-hybridized carbons (Fsp3) is 0.333. The van der Waals surface area contributed by atoms with Crippen molar-refractivity contribution in [2.45, 2.75) is 32.2 Å². The number of hydrogen-bond acceptors (Lipinski definition) is 3. The van der Waals surface area contributed by atoms with Gasteiger partial charge in [-0.2, -0.15) is 0 Å². The van der Waals surface area contributed by atoms with E-state index in [9.17, 15) is 0 Å². The first kappa shape index (κ1) is 11.4. The van der Waals surface area contributed by atoms with Crippen LogP contribution in [0.1, 0.15) is 47.1 Å². The first-order valence-electron chi connectivity index (χ1n) is 6.33. The van der Waals surface area contributed by atoms with Crippen molar-refractivity contribution in [1.82, 2.24) is 9.97 Å². The van der Waals surface area contributed by atoms with E-state index in [1.807, 2.05) is 20.0 Å². The van der Waals surface area contributed by atoms with E-state index >= 15 is 0 Å². The average Bonchev–Trinajstić information content (AvgIpc) is 2.30. The van der Waals surface area contributed by atoms with Gasteiger partial charge in [-0.3, -0.25) is 0 Å². The summed E-state index contributed by atoms with van der Waals surface area (Å²) in [7, 11) is 0. The first-order valence-corrected chi connectivity index (χ1v) is 6.33. The molecular weight excluding hydrogens is 222 g/mol. The smallest absolute Gasteiger partial charge is 0.136 e. The molecule has 0 radical (unpaired) electrons. The Morgan fingerprint density at radius 1 is 1.33 bits per heavy atom. The highest BCUT2D eigenvalue weighted by molar-refractivity contribution is 5.44. The number of nitrogens with two attached hydrogens (primary N) is 1. The number of rotatable bonds is 2. The van der Waals surface area contributed by atoms with Crippen LogP contribution in [-0.4, -0.2) is 9.97 Å². The Morgan fingerprint density at radius 3 is 2.78 bits per heavy atom. The fourth-order valence-electron chi connectivity index (χ4n) is 2.60. The van der Waals surface area contributed by atoms with Crippen LogP contribution in [0.15, 0.2) is 30.5 Å². The first-order chi connectivity index (χ1) is 8.66. The molecule has 1 aromatic heterocycles. The maximum absolute atomic E-state index is 5.88. The lowest BCUT2D eigenvalue weighted by Crippen LogP contribution is -2.21. The minimum atomic E-state index is -0.00673. The van der Waals surface area contributed by atoms with Crippen molar-refractivity contribution in [3.8, 4) is 0 Å². The van der Waals surface area contributed by atoms with E-state index in [1.54, 1.807) is 0 Å². The van der Waals surface area contributed by atoms with E-state index in [-0.39, 0.29) is 6.04 Å². The molecule has 0 spiro atoms. The van der Waals surface area contributed by atoms with Crippen LogP contribution in [0.5, 0.6) is 0 Å². The maximum atomic E-state index is 5.88. The molecule has 3 nitrogen and oxygen atoms in total. The Bertz CT molecular complexity index is 590. The lowest BCUT2D eigenvalue weighted by molar-refractivity contribution is 0.648. The van der Waals surface area contributed by atoms with Gasteiger partial charge in [0.25, 0.3) is 0 Å². The van der Waals surface area contributed by atoms with Crippen LogP contribution in [0.4, 0.5) is 0 Å². The monoisotopic (exact) mass is 239 g/mol. The lowest BCUT2D eigenvalue weighted by atomic mass is 9.77. The quantitative estimate of drug-likeness (QED) is 0.876. The minimum absolute atomic E-state index is 0.00673. The molecular formula is C15H17N3. The van der Waals surface area contributed by atoms with Crippen LogP contribution in [0.3, 0.4) is 0 Å². The Hall–Kier alpha value is -1.74. The molecule has 0 fully saturated rings. The molecule has 92 valence electrons. The van der Waals surface area contributed by atoms with Crippen molar-refractivity contribution < 1.29 is 0 Å². The highest BCUT2D eigenvalue weighted by Crippen LogP contribution is 2.38. The van der Waals surface area contributed by atoms with Gasteiger partial charge >= 0.3 is 0 Å². The van der Waals surface area contributed by atoms with E-state index in [0.717, 1.165) is 23.5 Å². The molecule has 3 heteroatoms. The third kappa shape index (κ3) is 1.71. The third-order valence-corrected chi connectivity index (χ3v) is 3.69. The molecule has 2 aromatic rings. The van der Waals surface area contributed by atoms with Crippen molar-refractivity contribution in [3.63, 3.8) is 0 Å². The highest BCUT2D eigenvalue weighted by atomic mass is 14.9. The summed E-state index contributed by atoms with van der Waals surface area (Å²) in [5, 5.41) is 0. The molecule has 1 aliphatic carbocycles. The van der Waals surface area contributed by atoms with Crippen molar-refractivity contribution in [3.05, 3.63) is 58.7 Å². The Labute approximate surface area is 107 Å². The van der Waals surface area contributed by atoms with Crippen molar-refractivity contribution >= 4 is 0 Å². The molecule has 0 amide bonds. The summed E-state index contributed by atoms with van der Waals surface area (Å²) in [6.45, 7) is 3.97. The average molecular weight is 239 g/mol. The maximum Gasteiger partial charge on any atom is 0.136 e. The molecule has 1 aliphatic rings. The molecule has 1 aromatic carbocycles. The lowest BCUT2D eigenvalue weighted by Gasteiger charge is -2.29. The van der Waals surface area contributed by atoms with Gasteiger partial charge in [-0.15, -0.1) is 0 Å². The zero-order chi connectivity index (χ0) is 12.7. The topological polar surface area (TPSA) is 51.8 Å². The summed E-state index contributed by atoms with van der Waals surface area (Å²) in [6, 6.07) is 8.50. The normalized spacial score (nSPS) is 18.9. The molecule has 2 N–H and O–H groups in total. The van der Waals surface area contributed by atoms with Gasteiger partial charge < -0.3 is 5.73 Å². The van der Waals surface area contributed by atoms with Gasteiger partial charge in [0.2, 0.25) is 0 Å². The summed E-state index contributed by atoms with van der Waals surface area (Å²) in [5.74, 6) is 1.29. The van der Waals surface area contributed by atoms with Crippen LogP contribution in [0.2, 0.25) is 0 Å². The van der Waals surface area contributed by atoms with Gasteiger partial charge in [0.15, 0.2) is 0 Å². The van der Waals surface area contributed by atoms with Crippen LogP contribution in [0, 0.1) is 6.92 Å². The summed E-state index contributed by atoms with van der Waals surface area (Å²) >= 11 is 0. The Balaban J connectivity index is 1.94. The Morgan fingerprint density at radius 2 is 2.11 bits per heavy atom. The highest BCUT2D eigenvalue weighted by Gasteiger charge is 2.29. The van der Waals surface area contributed by atoms with E-state index in [4.69, 9.17) is 5.73 Å². The van der Waals surface area contributed by atoms with Crippen molar-refractivity contribution in [2.75, 3.05) is 0 Å². The van der Waals surface area contributed by atoms with Crippen LogP contribution < -0.4 is 5.73 Å². The zero-order valence-electron chi connectivity index (χ0n) is 10.7. The standard InChI is InChI=1S/C15H17N3/c1-9(16)14-8-17-15(18-10(14)2)13-7-11-5-3-4-6-12(11)13/h3-6,8-9,13H,7,16H2,1-2H3/t9-,13?/m1/s1. The SMILES string of the molecule is Cc1nc(C2Cc3ccccc32)ncc1[C@@H](C)N.